The third kappa shape index (κ3) is 41.0. The van der Waals surface area contributed by atoms with E-state index in [1.54, 1.807) is 148 Å². The number of hydrogen-bond acceptors (Lipinski definition) is 23. The van der Waals surface area contributed by atoms with E-state index in [0.29, 0.717) is 5.56 Å². The number of carbonyl (C=O) groups is 15. The molecule has 2 rings (SSSR count). The highest BCUT2D eigenvalue weighted by molar-refractivity contribution is 5.99. The Morgan fingerprint density at radius 2 is 0.900 bits per heavy atom. The molecule has 110 heavy (non-hydrogen) atoms. The summed E-state index contributed by atoms with van der Waals surface area (Å²) in [6.45, 7) is 28.0. The van der Waals surface area contributed by atoms with Crippen molar-refractivity contribution in [3.63, 3.8) is 0 Å². The molecule has 1 fully saturated rings. The molecule has 35 nitrogen and oxygen atoms in total. The Morgan fingerprint density at radius 3 is 1.36 bits per heavy atom. The van der Waals surface area contributed by atoms with E-state index in [-0.39, 0.29) is 70.7 Å². The van der Waals surface area contributed by atoms with Crippen molar-refractivity contribution in [3.05, 3.63) is 35.9 Å². The lowest BCUT2D eigenvalue weighted by Crippen LogP contribution is -2.59. The zero-order valence-corrected chi connectivity index (χ0v) is 67.5. The third-order valence-electron chi connectivity index (χ3n) is 16.1. The van der Waals surface area contributed by atoms with Crippen LogP contribution in [-0.2, 0) is 78.1 Å². The Kier molecular flexibility index (Phi) is 39.8. The summed E-state index contributed by atoms with van der Waals surface area (Å²) in [6, 6.07) is -2.78. The molecule has 1 heterocycles. The van der Waals surface area contributed by atoms with Gasteiger partial charge >= 0.3 is 30.5 Å². The molecular formula is C75H125N13O22. The van der Waals surface area contributed by atoms with Crippen LogP contribution >= 0.6 is 0 Å². The lowest BCUT2D eigenvalue weighted by Gasteiger charge is -2.28. The minimum absolute atomic E-state index is 0.0851. The molecule has 0 bridgehead atoms. The van der Waals surface area contributed by atoms with Crippen LogP contribution in [0.2, 0.25) is 0 Å². The predicted molar refractivity (Wildman–Crippen MR) is 404 cm³/mol. The first-order valence-electron chi connectivity index (χ1n) is 37.4. The standard InChI is InChI=1S/C75H125N13O22/c1-42(2)37-53-63(98)84-51(29-35-81-69(104)109-74(14,15)16)57(93)40-47(26-32-78-66(101)106-71(5,6)7)60(95)88-58(44(4)90)65(100)77-31-25-46(59(94)85-52(30-36-82-70(105)110-75(17,18)19)62(97)87-54(64(99)86-53)38-45-23-21-20-22-24-45)39-56(92)50(28-34-80-68(103)108-73(11,12)13)83-61(96)48(43(3)89)41-55(91)49(76)27-33-79-67(102)107-72(8,9)10/h20-24,42-44,46-54,58,89-90H,25-41,76H2,1-19H3,(H,77,100)(H,78,101)(H,79,102)(H,80,103)(H,81,104)(H,82,105)(H,83,96)(H,84,98)(H,85,94)(H,86,99)(H,87,97)(H,88,95)/t43?,44?,46-,47-,48+,49+,50+,51+,52+,53+,54-,58+/m1/s1. The maximum Gasteiger partial charge on any atom is 0.407 e. The number of nitrogens with one attached hydrogen (secondary N) is 12. The van der Waals surface area contributed by atoms with Crippen molar-refractivity contribution in [2.24, 2.45) is 29.4 Å². The molecule has 1 aliphatic rings. The molecule has 12 atom stereocenters. The molecule has 1 saturated heterocycles. The molecule has 0 spiro atoms. The molecule has 35 heteroatoms. The second kappa shape index (κ2) is 45.2. The van der Waals surface area contributed by atoms with Gasteiger partial charge < -0.3 is 103 Å². The van der Waals surface area contributed by atoms with Gasteiger partial charge in [-0.3, -0.25) is 47.9 Å². The average Bonchev–Trinajstić information content (AvgIpc) is 0.958. The summed E-state index contributed by atoms with van der Waals surface area (Å²) >= 11 is 0. The molecule has 622 valence electrons. The number of Topliss-reactive ketones (excluding diaryl/α,β-unsaturated/α-hetero) is 3. The van der Waals surface area contributed by atoms with E-state index in [4.69, 9.17) is 29.4 Å². The molecule has 16 N–H and O–H groups in total. The molecule has 1 aromatic rings. The number of ketones is 3. The van der Waals surface area contributed by atoms with Crippen LogP contribution in [0.1, 0.15) is 201 Å². The number of ether oxygens (including phenoxy) is 5. The summed E-state index contributed by atoms with van der Waals surface area (Å²) in [4.78, 5) is 212. The predicted octanol–water partition coefficient (Wildman–Crippen LogP) is 3.09. The van der Waals surface area contributed by atoms with E-state index in [2.05, 4.69) is 63.8 Å². The van der Waals surface area contributed by atoms with Crippen LogP contribution in [0, 0.1) is 23.7 Å². The summed E-state index contributed by atoms with van der Waals surface area (Å²) in [5.74, 6) is -14.6. The van der Waals surface area contributed by atoms with Gasteiger partial charge in [-0.05, 0) is 174 Å². The van der Waals surface area contributed by atoms with Gasteiger partial charge in [0.05, 0.1) is 36.3 Å². The molecule has 0 radical (unpaired) electrons. The minimum Gasteiger partial charge on any atom is -0.444 e. The van der Waals surface area contributed by atoms with E-state index >= 15 is 19.2 Å². The van der Waals surface area contributed by atoms with Crippen LogP contribution in [-0.4, -0.2) is 221 Å². The molecule has 2 unspecified atom stereocenters. The third-order valence-corrected chi connectivity index (χ3v) is 16.1. The molecule has 12 amide bonds. The number of aliphatic hydroxyl groups excluding tert-OH is 2. The Hall–Kier alpha value is -9.25. The van der Waals surface area contributed by atoms with Crippen LogP contribution < -0.4 is 69.5 Å². The van der Waals surface area contributed by atoms with Crippen molar-refractivity contribution in [2.45, 2.75) is 285 Å². The SMILES string of the molecule is CC(C)C[C@@H]1NC(=O)[C@@H](Cc2ccccc2)NC(=O)[C@H](CCNC(=O)OC(C)(C)C)NC(=O)[C@@H](CC(=O)[C@H](CCNC(=O)OC(C)(C)C)NC(=O)[C@@H](CC(=O)[C@@H](N)CCNC(=O)OC(C)(C)C)C(C)O)CCNC(=O)[C@H](C(C)O)NC(=O)[C@H](CCNC(=O)OC(C)(C)C)CC(=O)[C@H](CCNC(=O)OC(C)(C)C)NC1=O. The van der Waals surface area contributed by atoms with Crippen LogP contribution in [0.3, 0.4) is 0 Å². The highest BCUT2D eigenvalue weighted by Gasteiger charge is 2.39. The van der Waals surface area contributed by atoms with Gasteiger partial charge in [0, 0.05) is 76.8 Å². The normalized spacial score (nSPS) is 20.6. The first-order valence-corrected chi connectivity index (χ1v) is 37.4. The van der Waals surface area contributed by atoms with Gasteiger partial charge in [0.25, 0.3) is 0 Å². The highest BCUT2D eigenvalue weighted by atomic mass is 16.6. The number of aliphatic hydroxyl groups is 2. The van der Waals surface area contributed by atoms with E-state index in [0.717, 1.165) is 6.92 Å². The number of benzene rings is 1. The molecule has 0 aliphatic carbocycles. The molecule has 0 aromatic heterocycles. The lowest BCUT2D eigenvalue weighted by atomic mass is 9.90. The second-order valence-corrected chi connectivity index (χ2v) is 32.9. The summed E-state index contributed by atoms with van der Waals surface area (Å²) in [6.07, 6.45) is -12.5. The van der Waals surface area contributed by atoms with E-state index in [1.807, 2.05) is 0 Å². The minimum atomic E-state index is -1.84. The van der Waals surface area contributed by atoms with Crippen molar-refractivity contribution in [2.75, 3.05) is 39.3 Å². The topological polar surface area (TPSA) is 513 Å². The fourth-order valence-electron chi connectivity index (χ4n) is 10.8. The second-order valence-electron chi connectivity index (χ2n) is 32.9. The number of nitrogens with two attached hydrogens (primary N) is 1. The van der Waals surface area contributed by atoms with Crippen molar-refractivity contribution in [1.82, 2.24) is 63.8 Å². The summed E-state index contributed by atoms with van der Waals surface area (Å²) in [7, 11) is 0. The van der Waals surface area contributed by atoms with Crippen molar-refractivity contribution in [3.8, 4) is 0 Å². The van der Waals surface area contributed by atoms with E-state index < -0.39 is 234 Å². The van der Waals surface area contributed by atoms with Crippen LogP contribution in [0.15, 0.2) is 30.3 Å². The maximum atomic E-state index is 15.3. The van der Waals surface area contributed by atoms with Gasteiger partial charge in [-0.1, -0.05) is 44.2 Å². The smallest absolute Gasteiger partial charge is 0.407 e. The van der Waals surface area contributed by atoms with Gasteiger partial charge in [0.2, 0.25) is 41.4 Å². The zero-order valence-electron chi connectivity index (χ0n) is 67.5. The van der Waals surface area contributed by atoms with E-state index in [9.17, 15) is 63.0 Å². The van der Waals surface area contributed by atoms with Crippen LogP contribution in [0.4, 0.5) is 24.0 Å². The quantitative estimate of drug-likeness (QED) is 0.0512. The first-order chi connectivity index (χ1) is 50.7. The van der Waals surface area contributed by atoms with Crippen LogP contribution in [0.5, 0.6) is 0 Å². The van der Waals surface area contributed by atoms with Gasteiger partial charge in [0.15, 0.2) is 11.6 Å². The van der Waals surface area contributed by atoms with Gasteiger partial charge in [-0.25, -0.2) is 24.0 Å². The zero-order chi connectivity index (χ0) is 83.8. The van der Waals surface area contributed by atoms with Gasteiger partial charge in [0.1, 0.15) is 58.0 Å². The Labute approximate surface area is 645 Å². The fourth-order valence-corrected chi connectivity index (χ4v) is 10.8. The lowest BCUT2D eigenvalue weighted by molar-refractivity contribution is -0.137. The fraction of sp³-hybridized carbons (Fsp3) is 0.720. The molecule has 0 saturated carbocycles. The number of amides is 12. The maximum absolute atomic E-state index is 15.3. The van der Waals surface area contributed by atoms with Crippen molar-refractivity contribution >= 4 is 89.2 Å². The number of carbonyl (C=O) groups excluding carboxylic acids is 15. The molecule has 1 aromatic carbocycles. The first kappa shape index (κ1) is 96.8. The van der Waals surface area contributed by atoms with Crippen molar-refractivity contribution in [1.29, 1.82) is 0 Å². The molecular weight excluding hydrogens is 1430 g/mol. The number of hydrogen-bond donors (Lipinski definition) is 15. The largest absolute Gasteiger partial charge is 0.444 e. The number of rotatable bonds is 29. The Morgan fingerprint density at radius 1 is 0.491 bits per heavy atom. The summed E-state index contributed by atoms with van der Waals surface area (Å²) < 4.78 is 26.8. The van der Waals surface area contributed by atoms with Gasteiger partial charge in [-0.15, -0.1) is 0 Å². The van der Waals surface area contributed by atoms with Crippen LogP contribution in [0.25, 0.3) is 0 Å². The Balaban J connectivity index is 3.06. The van der Waals surface area contributed by atoms with Crippen molar-refractivity contribution < 1.29 is 106 Å². The number of alkyl carbamates (subject to hydrolysis) is 5. The van der Waals surface area contributed by atoms with E-state index in [1.165, 1.54) is 6.92 Å². The van der Waals surface area contributed by atoms with Gasteiger partial charge in [-0.2, -0.15) is 0 Å². The summed E-state index contributed by atoms with van der Waals surface area (Å²) in [5.41, 5.74) is 1.96. The summed E-state index contributed by atoms with van der Waals surface area (Å²) in [5, 5.41) is 53.3. The average molecular weight is 1560 g/mol. The monoisotopic (exact) mass is 1560 g/mol. The molecule has 1 aliphatic heterocycles. The Bertz CT molecular complexity index is 3260. The highest BCUT2D eigenvalue weighted by Crippen LogP contribution is 2.21.